The Morgan fingerprint density at radius 3 is 2.38 bits per heavy atom. The first-order valence-electron chi connectivity index (χ1n) is 8.55. The maximum Gasteiger partial charge on any atom is 0.256 e. The van der Waals surface area contributed by atoms with Crippen molar-refractivity contribution in [2.75, 3.05) is 23.3 Å². The van der Waals surface area contributed by atoms with E-state index < -0.39 is 0 Å². The summed E-state index contributed by atoms with van der Waals surface area (Å²) in [5.74, 6) is -0.0485. The van der Waals surface area contributed by atoms with Gasteiger partial charge >= 0.3 is 0 Å². The lowest BCUT2D eigenvalue weighted by molar-refractivity contribution is 0.102. The van der Waals surface area contributed by atoms with Gasteiger partial charge < -0.3 is 10.2 Å². The topological polar surface area (TPSA) is 32.3 Å². The SMILES string of the molecule is CC(C)Sc1ccccc1C(=O)Nc1ccc(N2CCCC2)cc1. The van der Waals surface area contributed by atoms with E-state index in [1.54, 1.807) is 11.8 Å². The van der Waals surface area contributed by atoms with Gasteiger partial charge in [-0.1, -0.05) is 26.0 Å². The molecule has 1 N–H and O–H groups in total. The lowest BCUT2D eigenvalue weighted by atomic mass is 10.2. The van der Waals surface area contributed by atoms with Crippen LogP contribution in [0.3, 0.4) is 0 Å². The van der Waals surface area contributed by atoms with Gasteiger partial charge in [0.2, 0.25) is 0 Å². The summed E-state index contributed by atoms with van der Waals surface area (Å²) in [5, 5.41) is 3.46. The predicted molar refractivity (Wildman–Crippen MR) is 103 cm³/mol. The minimum Gasteiger partial charge on any atom is -0.372 e. The fourth-order valence-corrected chi connectivity index (χ4v) is 3.89. The van der Waals surface area contributed by atoms with Crippen LogP contribution < -0.4 is 10.2 Å². The zero-order valence-electron chi connectivity index (χ0n) is 14.3. The second-order valence-electron chi connectivity index (χ2n) is 6.36. The van der Waals surface area contributed by atoms with Crippen LogP contribution in [0.5, 0.6) is 0 Å². The molecule has 1 saturated heterocycles. The van der Waals surface area contributed by atoms with Crippen molar-refractivity contribution in [3.63, 3.8) is 0 Å². The molecular weight excluding hydrogens is 316 g/mol. The Balaban J connectivity index is 1.70. The van der Waals surface area contributed by atoms with E-state index in [1.807, 2.05) is 36.4 Å². The number of benzene rings is 2. The van der Waals surface area contributed by atoms with Crippen molar-refractivity contribution in [1.29, 1.82) is 0 Å². The summed E-state index contributed by atoms with van der Waals surface area (Å²) in [5.41, 5.74) is 2.81. The summed E-state index contributed by atoms with van der Waals surface area (Å²) in [6.45, 7) is 6.53. The smallest absolute Gasteiger partial charge is 0.256 e. The minimum absolute atomic E-state index is 0.0485. The molecule has 0 radical (unpaired) electrons. The molecule has 1 aliphatic rings. The van der Waals surface area contributed by atoms with Gasteiger partial charge in [0.25, 0.3) is 5.91 Å². The van der Waals surface area contributed by atoms with Gasteiger partial charge in [-0.15, -0.1) is 11.8 Å². The Morgan fingerprint density at radius 1 is 1.04 bits per heavy atom. The molecule has 2 aromatic carbocycles. The highest BCUT2D eigenvalue weighted by Crippen LogP contribution is 2.27. The fraction of sp³-hybridized carbons (Fsp3) is 0.350. The highest BCUT2D eigenvalue weighted by atomic mass is 32.2. The summed E-state index contributed by atoms with van der Waals surface area (Å²) < 4.78 is 0. The van der Waals surface area contributed by atoms with Crippen LogP contribution in [0.1, 0.15) is 37.0 Å². The highest BCUT2D eigenvalue weighted by molar-refractivity contribution is 8.00. The van der Waals surface area contributed by atoms with Gasteiger partial charge in [0.15, 0.2) is 0 Å². The standard InChI is InChI=1S/C20H24N2OS/c1-15(2)24-19-8-4-3-7-18(19)20(23)21-16-9-11-17(12-10-16)22-13-5-6-14-22/h3-4,7-12,15H,5-6,13-14H2,1-2H3,(H,21,23). The Bertz CT molecular complexity index is 691. The molecule has 1 heterocycles. The molecule has 2 aromatic rings. The van der Waals surface area contributed by atoms with Gasteiger partial charge in [0.05, 0.1) is 5.56 Å². The van der Waals surface area contributed by atoms with E-state index in [4.69, 9.17) is 0 Å². The maximum absolute atomic E-state index is 12.6. The number of thioether (sulfide) groups is 1. The number of carbonyl (C=O) groups excluding carboxylic acids is 1. The van der Waals surface area contributed by atoms with Crippen molar-refractivity contribution in [2.45, 2.75) is 36.8 Å². The molecule has 0 atom stereocenters. The summed E-state index contributed by atoms with van der Waals surface area (Å²) >= 11 is 1.72. The number of rotatable bonds is 5. The maximum atomic E-state index is 12.6. The van der Waals surface area contributed by atoms with Gasteiger partial charge in [0, 0.05) is 34.6 Å². The van der Waals surface area contributed by atoms with E-state index in [1.165, 1.54) is 18.5 Å². The molecule has 24 heavy (non-hydrogen) atoms. The van der Waals surface area contributed by atoms with E-state index in [0.29, 0.717) is 5.25 Å². The van der Waals surface area contributed by atoms with Crippen LogP contribution >= 0.6 is 11.8 Å². The van der Waals surface area contributed by atoms with Gasteiger partial charge in [-0.2, -0.15) is 0 Å². The third-order valence-corrected chi connectivity index (χ3v) is 5.17. The second kappa shape index (κ2) is 7.75. The normalized spacial score (nSPS) is 14.2. The zero-order chi connectivity index (χ0) is 16.9. The molecule has 1 aliphatic heterocycles. The van der Waals surface area contributed by atoms with Gasteiger partial charge in [-0.05, 0) is 49.2 Å². The number of nitrogens with zero attached hydrogens (tertiary/aromatic N) is 1. The first kappa shape index (κ1) is 16.9. The van der Waals surface area contributed by atoms with Crippen LogP contribution in [0.2, 0.25) is 0 Å². The Morgan fingerprint density at radius 2 is 1.71 bits per heavy atom. The van der Waals surface area contributed by atoms with Crippen LogP contribution in [0.4, 0.5) is 11.4 Å². The molecular formula is C20H24N2OS. The molecule has 1 amide bonds. The first-order chi connectivity index (χ1) is 11.6. The van der Waals surface area contributed by atoms with Crippen molar-refractivity contribution in [3.8, 4) is 0 Å². The zero-order valence-corrected chi connectivity index (χ0v) is 15.1. The Labute approximate surface area is 148 Å². The Kier molecular flexibility index (Phi) is 5.46. The quantitative estimate of drug-likeness (QED) is 0.774. The number of anilines is 2. The predicted octanol–water partition coefficient (Wildman–Crippen LogP) is 5.04. The third kappa shape index (κ3) is 4.12. The van der Waals surface area contributed by atoms with Gasteiger partial charge in [-0.25, -0.2) is 0 Å². The highest BCUT2D eigenvalue weighted by Gasteiger charge is 2.14. The lowest BCUT2D eigenvalue weighted by Gasteiger charge is -2.18. The number of hydrogen-bond donors (Lipinski definition) is 1. The van der Waals surface area contributed by atoms with Crippen molar-refractivity contribution >= 4 is 29.0 Å². The molecule has 0 unspecified atom stereocenters. The molecule has 0 aromatic heterocycles. The summed E-state index contributed by atoms with van der Waals surface area (Å²) in [6.07, 6.45) is 2.53. The lowest BCUT2D eigenvalue weighted by Crippen LogP contribution is -2.17. The summed E-state index contributed by atoms with van der Waals surface area (Å²) in [6, 6.07) is 16.0. The second-order valence-corrected chi connectivity index (χ2v) is 7.98. The molecule has 0 bridgehead atoms. The first-order valence-corrected chi connectivity index (χ1v) is 9.43. The van der Waals surface area contributed by atoms with E-state index >= 15 is 0 Å². The van der Waals surface area contributed by atoms with Crippen LogP contribution in [0.15, 0.2) is 53.4 Å². The van der Waals surface area contributed by atoms with Crippen molar-refractivity contribution in [2.24, 2.45) is 0 Å². The van der Waals surface area contributed by atoms with Crippen LogP contribution in [0, 0.1) is 0 Å². The van der Waals surface area contributed by atoms with E-state index in [2.05, 4.69) is 36.2 Å². The summed E-state index contributed by atoms with van der Waals surface area (Å²) in [7, 11) is 0. The van der Waals surface area contributed by atoms with E-state index in [-0.39, 0.29) is 5.91 Å². The van der Waals surface area contributed by atoms with E-state index in [0.717, 1.165) is 29.2 Å². The van der Waals surface area contributed by atoms with Gasteiger partial charge in [0.1, 0.15) is 0 Å². The largest absolute Gasteiger partial charge is 0.372 e. The Hall–Kier alpha value is -1.94. The molecule has 0 spiro atoms. The monoisotopic (exact) mass is 340 g/mol. The number of hydrogen-bond acceptors (Lipinski definition) is 3. The number of carbonyl (C=O) groups is 1. The molecule has 0 saturated carbocycles. The average Bonchev–Trinajstić information content (AvgIpc) is 3.10. The molecule has 3 nitrogen and oxygen atoms in total. The fourth-order valence-electron chi connectivity index (χ4n) is 2.94. The molecule has 3 rings (SSSR count). The third-order valence-electron chi connectivity index (χ3n) is 4.09. The van der Waals surface area contributed by atoms with Crippen molar-refractivity contribution < 1.29 is 4.79 Å². The van der Waals surface area contributed by atoms with Crippen LogP contribution in [0.25, 0.3) is 0 Å². The van der Waals surface area contributed by atoms with E-state index in [9.17, 15) is 4.79 Å². The molecule has 0 aliphatic carbocycles. The number of amides is 1. The number of nitrogens with one attached hydrogen (secondary N) is 1. The van der Waals surface area contributed by atoms with Crippen LogP contribution in [-0.2, 0) is 0 Å². The summed E-state index contributed by atoms with van der Waals surface area (Å²) in [4.78, 5) is 16.0. The van der Waals surface area contributed by atoms with Gasteiger partial charge in [-0.3, -0.25) is 4.79 Å². The molecule has 4 heteroatoms. The molecule has 1 fully saturated rings. The van der Waals surface area contributed by atoms with Crippen molar-refractivity contribution in [1.82, 2.24) is 0 Å². The minimum atomic E-state index is -0.0485. The van der Waals surface area contributed by atoms with Crippen LogP contribution in [-0.4, -0.2) is 24.2 Å². The average molecular weight is 340 g/mol. The van der Waals surface area contributed by atoms with Crippen molar-refractivity contribution in [3.05, 3.63) is 54.1 Å². The molecule has 126 valence electrons.